The zero-order valence-corrected chi connectivity index (χ0v) is 22.6. The van der Waals surface area contributed by atoms with Crippen LogP contribution in [-0.2, 0) is 14.3 Å². The molecule has 0 aromatic heterocycles. The van der Waals surface area contributed by atoms with Gasteiger partial charge in [-0.2, -0.15) is 0 Å². The van der Waals surface area contributed by atoms with E-state index >= 15 is 0 Å². The van der Waals surface area contributed by atoms with Gasteiger partial charge in [0, 0.05) is 23.7 Å². The third kappa shape index (κ3) is 7.74. The molecule has 0 bridgehead atoms. The smallest absolute Gasteiger partial charge is 0.408 e. The fourth-order valence-corrected chi connectivity index (χ4v) is 3.83. The molecule has 1 fully saturated rings. The maximum absolute atomic E-state index is 13.1. The lowest BCUT2D eigenvalue weighted by Gasteiger charge is -2.34. The van der Waals surface area contributed by atoms with E-state index in [-0.39, 0.29) is 18.4 Å². The monoisotopic (exact) mass is 518 g/mol. The molecule has 2 aromatic rings. The quantitative estimate of drug-likeness (QED) is 0.399. The molecule has 0 saturated heterocycles. The molecule has 1 saturated carbocycles. The number of ether oxygens (including phenoxy) is 2. The van der Waals surface area contributed by atoms with E-state index in [1.807, 2.05) is 18.2 Å². The van der Waals surface area contributed by atoms with E-state index in [1.165, 1.54) is 7.11 Å². The Labute approximate surface area is 223 Å². The maximum Gasteiger partial charge on any atom is 0.408 e. The van der Waals surface area contributed by atoms with Gasteiger partial charge < -0.3 is 25.2 Å². The molecule has 0 radical (unpaired) electrons. The van der Waals surface area contributed by atoms with Crippen molar-refractivity contribution in [3.8, 4) is 23.7 Å². The van der Waals surface area contributed by atoms with Crippen molar-refractivity contribution in [3.63, 3.8) is 0 Å². The third-order valence-electron chi connectivity index (χ3n) is 6.04. The van der Waals surface area contributed by atoms with Gasteiger partial charge in [0.15, 0.2) is 0 Å². The third-order valence-corrected chi connectivity index (χ3v) is 6.04. The number of aliphatic hydroxyl groups excluding tert-OH is 1. The predicted octanol–water partition coefficient (Wildman–Crippen LogP) is 3.40. The van der Waals surface area contributed by atoms with Gasteiger partial charge in [-0.3, -0.25) is 4.79 Å². The number of rotatable bonds is 6. The standard InChI is InChI=1S/C30H34N2O6/c1-29(2,3)38-28(36)32-30(4,5)25(27(35)37-6)31-26(34)23-14-13-21-15-19(11-12-22(21)16-23)9-7-8-10-20-17-24(20)18-33/h11-16,20,24-25,33H,17-18H2,1-6H3,(H,31,34)(H,32,36)/t20?,24-,25-/m1/s1. The minimum absolute atomic E-state index is 0.168. The topological polar surface area (TPSA) is 114 Å². The first kappa shape index (κ1) is 28.6. The molecule has 0 spiro atoms. The number of benzene rings is 2. The lowest BCUT2D eigenvalue weighted by Crippen LogP contribution is -2.62. The van der Waals surface area contributed by atoms with Crippen molar-refractivity contribution in [2.75, 3.05) is 13.7 Å². The number of aliphatic hydroxyl groups is 1. The van der Waals surface area contributed by atoms with E-state index in [0.717, 1.165) is 22.8 Å². The van der Waals surface area contributed by atoms with E-state index in [2.05, 4.69) is 34.3 Å². The van der Waals surface area contributed by atoms with E-state index in [4.69, 9.17) is 14.6 Å². The summed E-state index contributed by atoms with van der Waals surface area (Å²) >= 11 is 0. The second-order valence-electron chi connectivity index (χ2n) is 10.9. The largest absolute Gasteiger partial charge is 0.467 e. The molecule has 2 amide bonds. The second kappa shape index (κ2) is 11.6. The van der Waals surface area contributed by atoms with Gasteiger partial charge >= 0.3 is 12.1 Å². The summed E-state index contributed by atoms with van der Waals surface area (Å²) < 4.78 is 10.2. The minimum atomic E-state index is -1.21. The van der Waals surface area contributed by atoms with Gasteiger partial charge in [-0.05, 0) is 93.8 Å². The molecule has 3 atom stereocenters. The Morgan fingerprint density at radius 1 is 1.05 bits per heavy atom. The molecule has 8 heteroatoms. The first-order valence-corrected chi connectivity index (χ1v) is 12.4. The van der Waals surface area contributed by atoms with Gasteiger partial charge in [-0.25, -0.2) is 9.59 Å². The minimum Gasteiger partial charge on any atom is -0.467 e. The van der Waals surface area contributed by atoms with Crippen LogP contribution in [0.15, 0.2) is 36.4 Å². The van der Waals surface area contributed by atoms with Gasteiger partial charge in [-0.15, -0.1) is 0 Å². The van der Waals surface area contributed by atoms with Crippen molar-refractivity contribution in [3.05, 3.63) is 47.5 Å². The number of hydrogen-bond acceptors (Lipinski definition) is 6. The van der Waals surface area contributed by atoms with Crippen LogP contribution in [0, 0.1) is 35.5 Å². The Kier molecular flexibility index (Phi) is 8.70. The molecule has 2 aromatic carbocycles. The van der Waals surface area contributed by atoms with Crippen molar-refractivity contribution < 1.29 is 29.0 Å². The van der Waals surface area contributed by atoms with Gasteiger partial charge in [0.05, 0.1) is 12.6 Å². The zero-order chi connectivity index (χ0) is 28.1. The first-order valence-electron chi connectivity index (χ1n) is 12.4. The Balaban J connectivity index is 1.73. The lowest BCUT2D eigenvalue weighted by molar-refractivity contribution is -0.144. The molecule has 3 rings (SSSR count). The number of carbonyl (C=O) groups is 3. The highest BCUT2D eigenvalue weighted by Crippen LogP contribution is 2.36. The Morgan fingerprint density at radius 2 is 1.74 bits per heavy atom. The number of fused-ring (bicyclic) bond motifs is 1. The van der Waals surface area contributed by atoms with Crippen molar-refractivity contribution in [2.45, 2.75) is 58.2 Å². The van der Waals surface area contributed by atoms with Crippen molar-refractivity contribution in [1.82, 2.24) is 10.6 Å². The highest BCUT2D eigenvalue weighted by Gasteiger charge is 2.40. The molecule has 0 aliphatic heterocycles. The Morgan fingerprint density at radius 3 is 2.37 bits per heavy atom. The summed E-state index contributed by atoms with van der Waals surface area (Å²) in [7, 11) is 1.21. The maximum atomic E-state index is 13.1. The van der Waals surface area contributed by atoms with Crippen LogP contribution < -0.4 is 10.6 Å². The highest BCUT2D eigenvalue weighted by molar-refractivity contribution is 6.00. The molecular weight excluding hydrogens is 484 g/mol. The molecule has 0 heterocycles. The van der Waals surface area contributed by atoms with Gasteiger partial charge in [0.1, 0.15) is 11.6 Å². The van der Waals surface area contributed by atoms with Crippen LogP contribution in [0.5, 0.6) is 0 Å². The van der Waals surface area contributed by atoms with Crippen LogP contribution >= 0.6 is 0 Å². The first-order chi connectivity index (χ1) is 17.8. The van der Waals surface area contributed by atoms with E-state index in [0.29, 0.717) is 5.56 Å². The van der Waals surface area contributed by atoms with Gasteiger partial charge in [0.2, 0.25) is 0 Å². The molecule has 8 nitrogen and oxygen atoms in total. The number of amides is 2. The molecule has 3 N–H and O–H groups in total. The molecule has 200 valence electrons. The average molecular weight is 519 g/mol. The number of esters is 1. The molecule has 38 heavy (non-hydrogen) atoms. The average Bonchev–Trinajstić information content (AvgIpc) is 3.61. The van der Waals surface area contributed by atoms with Crippen LogP contribution in [0.25, 0.3) is 10.8 Å². The van der Waals surface area contributed by atoms with Crippen LogP contribution in [-0.4, -0.2) is 54.0 Å². The lowest BCUT2D eigenvalue weighted by atomic mass is 9.94. The second-order valence-corrected chi connectivity index (χ2v) is 10.9. The van der Waals surface area contributed by atoms with E-state index < -0.39 is 35.2 Å². The van der Waals surface area contributed by atoms with Crippen LogP contribution in [0.1, 0.15) is 57.0 Å². The summed E-state index contributed by atoms with van der Waals surface area (Å²) in [4.78, 5) is 38.0. The number of methoxy groups -OCH3 is 1. The van der Waals surface area contributed by atoms with Crippen molar-refractivity contribution >= 4 is 28.7 Å². The normalized spacial score (nSPS) is 17.1. The Hall–Kier alpha value is -4.01. The predicted molar refractivity (Wildman–Crippen MR) is 144 cm³/mol. The fourth-order valence-electron chi connectivity index (χ4n) is 3.83. The summed E-state index contributed by atoms with van der Waals surface area (Å²) in [5.74, 6) is 11.1. The molecule has 1 aliphatic rings. The highest BCUT2D eigenvalue weighted by atomic mass is 16.6. The van der Waals surface area contributed by atoms with Crippen LogP contribution in [0.2, 0.25) is 0 Å². The summed E-state index contributed by atoms with van der Waals surface area (Å²) in [5, 5.41) is 16.1. The number of alkyl carbamates (subject to hydrolysis) is 1. The van der Waals surface area contributed by atoms with E-state index in [9.17, 15) is 14.4 Å². The summed E-state index contributed by atoms with van der Waals surface area (Å²) in [6.45, 7) is 8.55. The van der Waals surface area contributed by atoms with Crippen LogP contribution in [0.3, 0.4) is 0 Å². The van der Waals surface area contributed by atoms with Gasteiger partial charge in [0.25, 0.3) is 5.91 Å². The van der Waals surface area contributed by atoms with E-state index in [1.54, 1.807) is 52.8 Å². The van der Waals surface area contributed by atoms with Crippen LogP contribution in [0.4, 0.5) is 4.79 Å². The fraction of sp³-hybridized carbons (Fsp3) is 0.433. The van der Waals surface area contributed by atoms with Gasteiger partial charge in [-0.1, -0.05) is 24.0 Å². The summed E-state index contributed by atoms with van der Waals surface area (Å²) in [5.41, 5.74) is -0.808. The number of nitrogens with one attached hydrogen (secondary N) is 2. The summed E-state index contributed by atoms with van der Waals surface area (Å²) in [6, 6.07) is 9.60. The number of hydrogen-bond donors (Lipinski definition) is 3. The van der Waals surface area contributed by atoms with Crippen molar-refractivity contribution in [1.29, 1.82) is 0 Å². The Bertz CT molecular complexity index is 1350. The summed E-state index contributed by atoms with van der Waals surface area (Å²) in [6.07, 6.45) is 0.206. The molecule has 1 unspecified atom stereocenters. The molecular formula is C30H34N2O6. The SMILES string of the molecule is COC(=O)[C@@H](NC(=O)c1ccc2cc(C#CC#CC3C[C@@H]3CO)ccc2c1)C(C)(C)NC(=O)OC(C)(C)C. The van der Waals surface area contributed by atoms with Crippen molar-refractivity contribution in [2.24, 2.45) is 11.8 Å². The zero-order valence-electron chi connectivity index (χ0n) is 22.6. The number of carbonyl (C=O) groups excluding carboxylic acids is 3. The molecule has 1 aliphatic carbocycles.